The van der Waals surface area contributed by atoms with Crippen molar-refractivity contribution in [2.75, 3.05) is 0 Å². The molecule has 2 heterocycles. The van der Waals surface area contributed by atoms with Gasteiger partial charge >= 0.3 is 0 Å². The normalized spacial score (nSPS) is 11.6. The molecule has 0 spiro atoms. The summed E-state index contributed by atoms with van der Waals surface area (Å²) in [6.07, 6.45) is 4.04. The van der Waals surface area contributed by atoms with Gasteiger partial charge in [-0.1, -0.05) is 5.16 Å². The first-order chi connectivity index (χ1) is 7.72. The summed E-state index contributed by atoms with van der Waals surface area (Å²) in [4.78, 5) is 21.4. The lowest BCUT2D eigenvalue weighted by molar-refractivity contribution is 0.318. The first-order valence-corrected chi connectivity index (χ1v) is 4.16. The van der Waals surface area contributed by atoms with Crippen LogP contribution >= 0.6 is 0 Å². The molecule has 2 aromatic rings. The number of nitrogens with zero attached hydrogens (tertiary/aromatic N) is 5. The topological polar surface area (TPSA) is 135 Å². The van der Waals surface area contributed by atoms with Crippen molar-refractivity contribution in [3.8, 4) is 5.82 Å². The van der Waals surface area contributed by atoms with Crippen molar-refractivity contribution in [2.45, 2.75) is 0 Å². The van der Waals surface area contributed by atoms with Crippen LogP contribution in [-0.4, -0.2) is 35.8 Å². The fourth-order valence-corrected chi connectivity index (χ4v) is 1.03. The van der Waals surface area contributed by atoms with E-state index in [1.54, 1.807) is 0 Å². The van der Waals surface area contributed by atoms with Gasteiger partial charge in [0.2, 0.25) is 17.5 Å². The molecule has 4 N–H and O–H groups in total. The van der Waals surface area contributed by atoms with Crippen LogP contribution in [0.5, 0.6) is 0 Å². The summed E-state index contributed by atoms with van der Waals surface area (Å²) in [6.45, 7) is 0. The minimum absolute atomic E-state index is 0.00699. The average Bonchev–Trinajstić information content (AvgIpc) is 2.78. The molecule has 0 saturated heterocycles. The van der Waals surface area contributed by atoms with Crippen molar-refractivity contribution in [3.63, 3.8) is 0 Å². The molecular formula is C7H7N7O2. The number of aromatic amines is 1. The van der Waals surface area contributed by atoms with Crippen molar-refractivity contribution < 1.29 is 5.21 Å². The van der Waals surface area contributed by atoms with E-state index in [2.05, 4.69) is 25.2 Å². The molecule has 0 unspecified atom stereocenters. The minimum atomic E-state index is -0.418. The second kappa shape index (κ2) is 3.81. The van der Waals surface area contributed by atoms with Crippen LogP contribution in [0.2, 0.25) is 0 Å². The number of amidine groups is 1. The molecule has 9 nitrogen and oxygen atoms in total. The fourth-order valence-electron chi connectivity index (χ4n) is 1.03. The standard InChI is InChI=1S/C7H7N7O2/c8-4(13-16)5-11-3-14(12-5)6-7(15)10-2-1-9-6/h1-3,16H,(H2,8,13)(H,10,15). The van der Waals surface area contributed by atoms with E-state index < -0.39 is 5.56 Å². The van der Waals surface area contributed by atoms with Gasteiger partial charge in [0.25, 0.3) is 5.56 Å². The van der Waals surface area contributed by atoms with Gasteiger partial charge in [0.1, 0.15) is 6.33 Å². The van der Waals surface area contributed by atoms with E-state index in [1.807, 2.05) is 0 Å². The molecule has 0 fully saturated rings. The van der Waals surface area contributed by atoms with Crippen molar-refractivity contribution in [1.82, 2.24) is 24.7 Å². The molecule has 0 aliphatic carbocycles. The number of rotatable bonds is 2. The lowest BCUT2D eigenvalue weighted by Gasteiger charge is -1.95. The third kappa shape index (κ3) is 1.61. The predicted octanol–water partition coefficient (Wildman–Crippen LogP) is -1.55. The number of oxime groups is 1. The van der Waals surface area contributed by atoms with Crippen LogP contribution in [-0.2, 0) is 0 Å². The molecule has 0 aliphatic heterocycles. The SMILES string of the molecule is N/C(=N/O)c1ncn(-c2ncc[nH]c2=O)n1. The molecule has 0 radical (unpaired) electrons. The quantitative estimate of drug-likeness (QED) is 0.243. The highest BCUT2D eigenvalue weighted by Gasteiger charge is 2.09. The van der Waals surface area contributed by atoms with Crippen molar-refractivity contribution in [3.05, 3.63) is 34.9 Å². The Morgan fingerprint density at radius 3 is 3.06 bits per heavy atom. The van der Waals surface area contributed by atoms with Gasteiger partial charge in [0.05, 0.1) is 0 Å². The highest BCUT2D eigenvalue weighted by molar-refractivity contribution is 5.93. The Hall–Kier alpha value is -2.71. The molecule has 0 atom stereocenters. The van der Waals surface area contributed by atoms with E-state index in [-0.39, 0.29) is 17.5 Å². The Labute approximate surface area is 88.3 Å². The molecular weight excluding hydrogens is 214 g/mol. The van der Waals surface area contributed by atoms with E-state index in [9.17, 15) is 4.79 Å². The van der Waals surface area contributed by atoms with Gasteiger partial charge in [-0.15, -0.1) is 5.10 Å². The third-order valence-corrected chi connectivity index (χ3v) is 1.73. The van der Waals surface area contributed by atoms with Crippen LogP contribution in [0.4, 0.5) is 0 Å². The van der Waals surface area contributed by atoms with E-state index in [0.717, 1.165) is 4.68 Å². The maximum atomic E-state index is 11.4. The van der Waals surface area contributed by atoms with Gasteiger partial charge in [-0.3, -0.25) is 4.79 Å². The smallest absolute Gasteiger partial charge is 0.293 e. The zero-order valence-electron chi connectivity index (χ0n) is 7.90. The summed E-state index contributed by atoms with van der Waals surface area (Å²) in [6, 6.07) is 0. The fraction of sp³-hybridized carbons (Fsp3) is 0. The molecule has 0 saturated carbocycles. The van der Waals surface area contributed by atoms with Crippen LogP contribution in [0.25, 0.3) is 5.82 Å². The molecule has 0 bridgehead atoms. The van der Waals surface area contributed by atoms with Crippen LogP contribution in [0.1, 0.15) is 5.82 Å². The van der Waals surface area contributed by atoms with Gasteiger partial charge in [-0.2, -0.15) is 4.68 Å². The average molecular weight is 221 g/mol. The van der Waals surface area contributed by atoms with Crippen molar-refractivity contribution in [2.24, 2.45) is 10.9 Å². The van der Waals surface area contributed by atoms with Crippen LogP contribution in [0.3, 0.4) is 0 Å². The van der Waals surface area contributed by atoms with Gasteiger partial charge in [-0.05, 0) is 0 Å². The Kier molecular flexibility index (Phi) is 2.34. The highest BCUT2D eigenvalue weighted by atomic mass is 16.4. The number of H-pyrrole nitrogens is 1. The number of aromatic nitrogens is 5. The van der Waals surface area contributed by atoms with Crippen LogP contribution < -0.4 is 11.3 Å². The van der Waals surface area contributed by atoms with E-state index in [1.165, 1.54) is 18.7 Å². The maximum Gasteiger partial charge on any atom is 0.293 e. The summed E-state index contributed by atoms with van der Waals surface area (Å²) in [5.41, 5.74) is 4.86. The van der Waals surface area contributed by atoms with Crippen molar-refractivity contribution in [1.29, 1.82) is 0 Å². The van der Waals surface area contributed by atoms with E-state index in [4.69, 9.17) is 10.9 Å². The Morgan fingerprint density at radius 1 is 1.56 bits per heavy atom. The van der Waals surface area contributed by atoms with Crippen LogP contribution in [0, 0.1) is 0 Å². The molecule has 0 amide bonds. The van der Waals surface area contributed by atoms with Gasteiger partial charge < -0.3 is 15.9 Å². The first-order valence-electron chi connectivity index (χ1n) is 4.16. The lowest BCUT2D eigenvalue weighted by Crippen LogP contribution is -2.18. The molecule has 0 aromatic carbocycles. The molecule has 9 heteroatoms. The largest absolute Gasteiger partial charge is 0.409 e. The van der Waals surface area contributed by atoms with E-state index in [0.29, 0.717) is 0 Å². The van der Waals surface area contributed by atoms with Crippen LogP contribution in [0.15, 0.2) is 28.7 Å². The Bertz CT molecular complexity index is 584. The Balaban J connectivity index is 2.47. The molecule has 2 aromatic heterocycles. The lowest BCUT2D eigenvalue weighted by atomic mass is 10.6. The number of hydrogen-bond donors (Lipinski definition) is 3. The van der Waals surface area contributed by atoms with Gasteiger partial charge in [-0.25, -0.2) is 9.97 Å². The molecule has 16 heavy (non-hydrogen) atoms. The number of hydrogen-bond acceptors (Lipinski definition) is 6. The first kappa shape index (κ1) is 9.83. The summed E-state index contributed by atoms with van der Waals surface area (Å²) in [7, 11) is 0. The number of nitrogens with one attached hydrogen (secondary N) is 1. The van der Waals surface area contributed by atoms with Crippen molar-refractivity contribution >= 4 is 5.84 Å². The molecule has 0 aliphatic rings. The Morgan fingerprint density at radius 2 is 2.38 bits per heavy atom. The summed E-state index contributed by atoms with van der Waals surface area (Å²) >= 11 is 0. The highest BCUT2D eigenvalue weighted by Crippen LogP contribution is 1.94. The number of nitrogens with two attached hydrogens (primary N) is 1. The summed E-state index contributed by atoms with van der Waals surface area (Å²) in [5, 5.41) is 15.0. The minimum Gasteiger partial charge on any atom is -0.409 e. The predicted molar refractivity (Wildman–Crippen MR) is 52.3 cm³/mol. The second-order valence-electron chi connectivity index (χ2n) is 2.74. The molecule has 2 rings (SSSR count). The molecule has 82 valence electrons. The van der Waals surface area contributed by atoms with Gasteiger partial charge in [0.15, 0.2) is 0 Å². The van der Waals surface area contributed by atoms with Gasteiger partial charge in [0, 0.05) is 12.4 Å². The third-order valence-electron chi connectivity index (χ3n) is 1.73. The summed E-state index contributed by atoms with van der Waals surface area (Å²) < 4.78 is 1.13. The zero-order chi connectivity index (χ0) is 11.5. The maximum absolute atomic E-state index is 11.4. The second-order valence-corrected chi connectivity index (χ2v) is 2.74. The monoisotopic (exact) mass is 221 g/mol. The summed E-state index contributed by atoms with van der Waals surface area (Å²) in [5.74, 6) is -0.189. The zero-order valence-corrected chi connectivity index (χ0v) is 7.90. The van der Waals surface area contributed by atoms with E-state index >= 15 is 0 Å².